The average molecular weight is 270 g/mol. The molecular formula is C15H18N4O. The first-order valence-corrected chi connectivity index (χ1v) is 7.36. The Labute approximate surface area is 117 Å². The van der Waals surface area contributed by atoms with Crippen molar-refractivity contribution in [2.45, 2.75) is 44.7 Å². The Morgan fingerprint density at radius 3 is 2.95 bits per heavy atom. The second kappa shape index (κ2) is 4.51. The quantitative estimate of drug-likeness (QED) is 0.837. The van der Waals surface area contributed by atoms with E-state index in [1.807, 2.05) is 23.4 Å². The van der Waals surface area contributed by atoms with E-state index in [9.17, 15) is 4.79 Å². The Morgan fingerprint density at radius 1 is 1.25 bits per heavy atom. The molecule has 0 unspecified atom stereocenters. The van der Waals surface area contributed by atoms with Gasteiger partial charge in [-0.1, -0.05) is 19.3 Å². The van der Waals surface area contributed by atoms with Gasteiger partial charge in [0.2, 0.25) is 0 Å². The smallest absolute Gasteiger partial charge is 0.322 e. The van der Waals surface area contributed by atoms with E-state index < -0.39 is 0 Å². The Kier molecular flexibility index (Phi) is 2.65. The maximum atomic E-state index is 12.4. The van der Waals surface area contributed by atoms with Gasteiger partial charge >= 0.3 is 6.03 Å². The molecule has 0 spiro atoms. The third-order valence-corrected chi connectivity index (χ3v) is 4.46. The highest BCUT2D eigenvalue weighted by Crippen LogP contribution is 2.36. The molecule has 20 heavy (non-hydrogen) atoms. The molecule has 5 heteroatoms. The first-order valence-electron chi connectivity index (χ1n) is 7.36. The zero-order valence-electron chi connectivity index (χ0n) is 11.4. The van der Waals surface area contributed by atoms with E-state index in [1.54, 1.807) is 0 Å². The molecule has 2 aromatic heterocycles. The average Bonchev–Trinajstić information content (AvgIpc) is 2.96. The summed E-state index contributed by atoms with van der Waals surface area (Å²) < 4.78 is 0. The van der Waals surface area contributed by atoms with Gasteiger partial charge in [0, 0.05) is 35.9 Å². The third kappa shape index (κ3) is 1.69. The lowest BCUT2D eigenvalue weighted by molar-refractivity contribution is 0.239. The Hall–Kier alpha value is -2.04. The third-order valence-electron chi connectivity index (χ3n) is 4.46. The minimum atomic E-state index is 0.0399. The number of nitrogens with zero attached hydrogens (tertiary/aromatic N) is 2. The molecule has 2 aliphatic rings. The van der Waals surface area contributed by atoms with Crippen LogP contribution >= 0.6 is 0 Å². The highest BCUT2D eigenvalue weighted by molar-refractivity contribution is 6.04. The van der Waals surface area contributed by atoms with Gasteiger partial charge in [0.15, 0.2) is 0 Å². The van der Waals surface area contributed by atoms with Crippen molar-refractivity contribution in [2.75, 3.05) is 4.90 Å². The van der Waals surface area contributed by atoms with Crippen LogP contribution in [0.3, 0.4) is 0 Å². The van der Waals surface area contributed by atoms with E-state index in [4.69, 9.17) is 0 Å². The Morgan fingerprint density at radius 2 is 2.10 bits per heavy atom. The second-order valence-corrected chi connectivity index (χ2v) is 5.69. The number of hydrogen-bond acceptors (Lipinski definition) is 2. The number of carbonyl (C=O) groups is 1. The van der Waals surface area contributed by atoms with Crippen molar-refractivity contribution in [3.05, 3.63) is 24.0 Å². The summed E-state index contributed by atoms with van der Waals surface area (Å²) in [6.07, 6.45) is 9.68. The molecule has 104 valence electrons. The summed E-state index contributed by atoms with van der Waals surface area (Å²) in [6, 6.07) is 2.39. The molecule has 1 aliphatic carbocycles. The van der Waals surface area contributed by atoms with Gasteiger partial charge in [-0.25, -0.2) is 9.78 Å². The van der Waals surface area contributed by atoms with E-state index in [0.717, 1.165) is 35.1 Å². The Bertz CT molecular complexity index is 657. The second-order valence-electron chi connectivity index (χ2n) is 5.69. The van der Waals surface area contributed by atoms with Gasteiger partial charge in [-0.15, -0.1) is 0 Å². The van der Waals surface area contributed by atoms with Crippen LogP contribution in [0.2, 0.25) is 0 Å². The highest BCUT2D eigenvalue weighted by atomic mass is 16.2. The minimum Gasteiger partial charge on any atom is -0.346 e. The number of nitrogens with one attached hydrogen (secondary N) is 2. The molecule has 0 aromatic carbocycles. The number of hydrogen-bond donors (Lipinski definition) is 2. The normalized spacial score (nSPS) is 20.0. The van der Waals surface area contributed by atoms with Crippen LogP contribution in [0.25, 0.3) is 11.0 Å². The summed E-state index contributed by atoms with van der Waals surface area (Å²) in [6.45, 7) is 0.575. The number of pyridine rings is 1. The zero-order valence-corrected chi connectivity index (χ0v) is 11.4. The van der Waals surface area contributed by atoms with Gasteiger partial charge in [-0.2, -0.15) is 0 Å². The van der Waals surface area contributed by atoms with Gasteiger partial charge < -0.3 is 10.3 Å². The van der Waals surface area contributed by atoms with Crippen molar-refractivity contribution < 1.29 is 4.79 Å². The maximum Gasteiger partial charge on any atom is 0.322 e. The van der Waals surface area contributed by atoms with Crippen LogP contribution in [-0.4, -0.2) is 22.0 Å². The van der Waals surface area contributed by atoms with Crippen LogP contribution in [0.5, 0.6) is 0 Å². The summed E-state index contributed by atoms with van der Waals surface area (Å²) in [5.41, 5.74) is 3.04. The van der Waals surface area contributed by atoms with E-state index in [2.05, 4.69) is 15.3 Å². The molecule has 2 aromatic rings. The van der Waals surface area contributed by atoms with Crippen molar-refractivity contribution in [1.29, 1.82) is 0 Å². The van der Waals surface area contributed by atoms with Crippen molar-refractivity contribution >= 4 is 22.8 Å². The predicted molar refractivity (Wildman–Crippen MR) is 77.7 cm³/mol. The summed E-state index contributed by atoms with van der Waals surface area (Å²) >= 11 is 0. The van der Waals surface area contributed by atoms with E-state index >= 15 is 0 Å². The number of fused-ring (bicyclic) bond motifs is 3. The van der Waals surface area contributed by atoms with Crippen LogP contribution in [0.15, 0.2) is 18.5 Å². The van der Waals surface area contributed by atoms with Crippen molar-refractivity contribution in [2.24, 2.45) is 0 Å². The fourth-order valence-electron chi connectivity index (χ4n) is 3.49. The lowest BCUT2D eigenvalue weighted by Gasteiger charge is -2.38. The lowest BCUT2D eigenvalue weighted by atomic mass is 9.93. The lowest BCUT2D eigenvalue weighted by Crippen LogP contribution is -2.50. The van der Waals surface area contributed by atoms with E-state index in [-0.39, 0.29) is 6.03 Å². The van der Waals surface area contributed by atoms with Gasteiger partial charge in [0.25, 0.3) is 0 Å². The van der Waals surface area contributed by atoms with Crippen molar-refractivity contribution in [3.63, 3.8) is 0 Å². The number of aromatic amines is 1. The number of urea groups is 1. The molecular weight excluding hydrogens is 252 g/mol. The number of rotatable bonds is 1. The van der Waals surface area contributed by atoms with Crippen LogP contribution in [0.1, 0.15) is 37.7 Å². The summed E-state index contributed by atoms with van der Waals surface area (Å²) in [5.74, 6) is 0. The van der Waals surface area contributed by atoms with E-state index in [1.165, 1.54) is 19.3 Å². The number of aromatic nitrogens is 2. The van der Waals surface area contributed by atoms with Crippen molar-refractivity contribution in [3.8, 4) is 0 Å². The molecule has 5 nitrogen and oxygen atoms in total. The molecule has 3 heterocycles. The molecule has 1 aliphatic heterocycles. The van der Waals surface area contributed by atoms with Gasteiger partial charge in [0.05, 0.1) is 5.69 Å². The zero-order chi connectivity index (χ0) is 13.5. The Balaban J connectivity index is 1.86. The highest BCUT2D eigenvalue weighted by Gasteiger charge is 2.33. The molecule has 0 radical (unpaired) electrons. The monoisotopic (exact) mass is 270 g/mol. The number of carbonyl (C=O) groups excluding carboxylic acids is 1. The van der Waals surface area contributed by atoms with Gasteiger partial charge in [0.1, 0.15) is 5.65 Å². The molecule has 1 fully saturated rings. The molecule has 2 N–H and O–H groups in total. The molecule has 4 rings (SSSR count). The fraction of sp³-hybridized carbons (Fsp3) is 0.467. The predicted octanol–water partition coefficient (Wildman–Crippen LogP) is 2.93. The van der Waals surface area contributed by atoms with Crippen LogP contribution in [0.4, 0.5) is 10.5 Å². The molecule has 0 saturated heterocycles. The minimum absolute atomic E-state index is 0.0399. The SMILES string of the molecule is O=C1NCc2cnc3[nH]ccc3c2N1C1CCCCC1. The largest absolute Gasteiger partial charge is 0.346 e. The van der Waals surface area contributed by atoms with Crippen molar-refractivity contribution in [1.82, 2.24) is 15.3 Å². The first-order chi connectivity index (χ1) is 9.84. The standard InChI is InChI=1S/C15H18N4O/c20-15-18-9-10-8-17-14-12(6-7-16-14)13(10)19(15)11-4-2-1-3-5-11/h6-8,11H,1-5,9H2,(H,16,17)(H,18,20). The van der Waals surface area contributed by atoms with Crippen LogP contribution in [0, 0.1) is 0 Å². The summed E-state index contributed by atoms with van der Waals surface area (Å²) in [5, 5.41) is 4.04. The summed E-state index contributed by atoms with van der Waals surface area (Å²) in [7, 11) is 0. The van der Waals surface area contributed by atoms with Crippen LogP contribution < -0.4 is 10.2 Å². The van der Waals surface area contributed by atoms with E-state index in [0.29, 0.717) is 12.6 Å². The maximum absolute atomic E-state index is 12.4. The molecule has 0 bridgehead atoms. The number of amides is 2. The molecule has 2 amide bonds. The number of anilines is 1. The van der Waals surface area contributed by atoms with Gasteiger partial charge in [-0.3, -0.25) is 4.90 Å². The topological polar surface area (TPSA) is 61.0 Å². The molecule has 1 saturated carbocycles. The summed E-state index contributed by atoms with van der Waals surface area (Å²) in [4.78, 5) is 22.0. The fourth-order valence-corrected chi connectivity index (χ4v) is 3.49. The van der Waals surface area contributed by atoms with Crippen LogP contribution in [-0.2, 0) is 6.54 Å². The van der Waals surface area contributed by atoms with Gasteiger partial charge in [-0.05, 0) is 18.9 Å². The first kappa shape index (κ1) is 11.8. The molecule has 0 atom stereocenters. The number of H-pyrrole nitrogens is 1.